The maximum atomic E-state index is 12.1. The number of fused-ring (bicyclic) bond motifs is 2. The number of rotatable bonds is 0. The highest BCUT2D eigenvalue weighted by Crippen LogP contribution is 2.29. The fraction of sp³-hybridized carbons (Fsp3) is 0.324. The number of H-pyrrole nitrogens is 1. The van der Waals surface area contributed by atoms with Crippen LogP contribution in [0.1, 0.15) is 88.8 Å². The Hall–Kier alpha value is -4.05. The lowest BCUT2D eigenvalue weighted by atomic mass is 9.83. The molecule has 0 atom stereocenters. The largest absolute Gasteiger partial charge is 0.360 e. The summed E-state index contributed by atoms with van der Waals surface area (Å²) in [5.41, 5.74) is 15.4. The van der Waals surface area contributed by atoms with E-state index in [1.54, 1.807) is 13.1 Å². The van der Waals surface area contributed by atoms with E-state index in [1.807, 2.05) is 54.5 Å². The van der Waals surface area contributed by atoms with Crippen molar-refractivity contribution in [2.24, 2.45) is 0 Å². The van der Waals surface area contributed by atoms with Crippen LogP contribution in [0.15, 0.2) is 46.9 Å². The van der Waals surface area contributed by atoms with Crippen molar-refractivity contribution in [2.75, 3.05) is 0 Å². The molecule has 1 heterocycles. The Labute approximate surface area is 244 Å². The Morgan fingerprint density at radius 1 is 0.512 bits per heavy atom. The first-order chi connectivity index (χ1) is 19.1. The normalized spacial score (nSPS) is 12.2. The van der Waals surface area contributed by atoms with Crippen LogP contribution >= 0.6 is 0 Å². The van der Waals surface area contributed by atoms with Crippen LogP contribution in [0.4, 0.5) is 0 Å². The van der Waals surface area contributed by atoms with E-state index in [9.17, 15) is 14.4 Å². The summed E-state index contributed by atoms with van der Waals surface area (Å²) in [6.45, 7) is 24.0. The summed E-state index contributed by atoms with van der Waals surface area (Å²) < 4.78 is 0. The van der Waals surface area contributed by atoms with Gasteiger partial charge in [0.2, 0.25) is 0 Å². The van der Waals surface area contributed by atoms with Crippen molar-refractivity contribution in [3.05, 3.63) is 125 Å². The third-order valence-electron chi connectivity index (χ3n) is 8.36. The Bertz CT molecular complexity index is 1780. The summed E-state index contributed by atoms with van der Waals surface area (Å²) in [5, 5.41) is 0.840. The maximum Gasteiger partial charge on any atom is 0.192 e. The van der Waals surface area contributed by atoms with Gasteiger partial charge in [0.05, 0.1) is 5.52 Å². The van der Waals surface area contributed by atoms with Crippen molar-refractivity contribution in [1.29, 1.82) is 0 Å². The molecule has 0 radical (unpaired) electrons. The van der Waals surface area contributed by atoms with Crippen molar-refractivity contribution in [3.8, 4) is 0 Å². The lowest BCUT2D eigenvalue weighted by Crippen LogP contribution is -2.19. The fourth-order valence-corrected chi connectivity index (χ4v) is 5.47. The van der Waals surface area contributed by atoms with Gasteiger partial charge in [-0.25, -0.2) is 0 Å². The average Bonchev–Trinajstić information content (AvgIpc) is 2.89. The maximum absolute atomic E-state index is 12.1. The quantitative estimate of drug-likeness (QED) is 0.239. The molecule has 5 rings (SSSR count). The molecule has 0 spiro atoms. The first kappa shape index (κ1) is 31.5. The Morgan fingerprint density at radius 2 is 1.02 bits per heavy atom. The van der Waals surface area contributed by atoms with Crippen LogP contribution < -0.4 is 5.43 Å². The van der Waals surface area contributed by atoms with Crippen LogP contribution in [0.3, 0.4) is 0 Å². The van der Waals surface area contributed by atoms with E-state index < -0.39 is 0 Å². The minimum absolute atomic E-state index is 0.0149. The number of carbonyl (C=O) groups excluding carboxylic acids is 2. The summed E-state index contributed by atoms with van der Waals surface area (Å²) in [4.78, 5) is 39.2. The molecule has 0 fully saturated rings. The van der Waals surface area contributed by atoms with Gasteiger partial charge in [0.15, 0.2) is 17.0 Å². The third-order valence-corrected chi connectivity index (χ3v) is 8.36. The molecule has 41 heavy (non-hydrogen) atoms. The second kappa shape index (κ2) is 12.2. The number of Topliss-reactive ketones (excluding diaryl/α,β-unsaturated/α-hetero) is 1. The molecule has 4 nitrogen and oxygen atoms in total. The van der Waals surface area contributed by atoms with E-state index in [0.29, 0.717) is 16.7 Å². The van der Waals surface area contributed by atoms with E-state index in [-0.39, 0.29) is 17.0 Å². The number of nitrogens with one attached hydrogen (secondary N) is 1. The van der Waals surface area contributed by atoms with E-state index >= 15 is 0 Å². The van der Waals surface area contributed by atoms with Crippen LogP contribution in [0.5, 0.6) is 0 Å². The second-order valence-electron chi connectivity index (χ2n) is 11.6. The second-order valence-corrected chi connectivity index (χ2v) is 11.6. The number of hydrogen-bond donors (Lipinski definition) is 1. The molecule has 0 aliphatic heterocycles. The van der Waals surface area contributed by atoms with E-state index in [4.69, 9.17) is 0 Å². The fourth-order valence-electron chi connectivity index (χ4n) is 5.47. The zero-order valence-corrected chi connectivity index (χ0v) is 26.7. The van der Waals surface area contributed by atoms with Gasteiger partial charge in [-0.1, -0.05) is 29.8 Å². The van der Waals surface area contributed by atoms with Crippen molar-refractivity contribution in [3.63, 3.8) is 0 Å². The number of carbonyl (C=O) groups is 2. The highest BCUT2D eigenvalue weighted by Gasteiger charge is 2.27. The SMILES string of the molecule is CC1=CC(=O)c2c(C)cc(C)c(C)c2C1=O.Cc1cc(C)c(C)c(C)c1.Cc1cc(C)c2[nH]cc(C)c(=O)c2c1C. The molecule has 0 saturated carbocycles. The molecule has 4 heteroatoms. The first-order valence-corrected chi connectivity index (χ1v) is 14.1. The molecular formula is C37H43NO3. The summed E-state index contributed by atoms with van der Waals surface area (Å²) in [6.07, 6.45) is 3.22. The van der Waals surface area contributed by atoms with Gasteiger partial charge in [-0.15, -0.1) is 0 Å². The summed E-state index contributed by atoms with van der Waals surface area (Å²) in [6, 6.07) is 8.53. The number of pyridine rings is 1. The topological polar surface area (TPSA) is 67.0 Å². The Balaban J connectivity index is 0.000000174. The number of hydrogen-bond acceptors (Lipinski definition) is 3. The van der Waals surface area contributed by atoms with Crippen LogP contribution in [-0.4, -0.2) is 16.6 Å². The van der Waals surface area contributed by atoms with E-state index in [2.05, 4.69) is 50.9 Å². The lowest BCUT2D eigenvalue weighted by Gasteiger charge is -2.19. The average molecular weight is 550 g/mol. The van der Waals surface area contributed by atoms with Gasteiger partial charge in [-0.3, -0.25) is 14.4 Å². The van der Waals surface area contributed by atoms with Crippen molar-refractivity contribution in [1.82, 2.24) is 4.98 Å². The van der Waals surface area contributed by atoms with Crippen molar-refractivity contribution >= 4 is 22.5 Å². The van der Waals surface area contributed by atoms with Gasteiger partial charge < -0.3 is 4.98 Å². The van der Waals surface area contributed by atoms with Crippen LogP contribution in [0, 0.1) is 76.2 Å². The van der Waals surface area contributed by atoms with Gasteiger partial charge in [-0.2, -0.15) is 0 Å². The number of aryl methyl sites for hydroxylation is 9. The van der Waals surface area contributed by atoms with Gasteiger partial charge in [-0.05, 0) is 139 Å². The Morgan fingerprint density at radius 3 is 1.61 bits per heavy atom. The van der Waals surface area contributed by atoms with Crippen LogP contribution in [0.2, 0.25) is 0 Å². The minimum Gasteiger partial charge on any atom is -0.360 e. The molecule has 1 aliphatic carbocycles. The number of allylic oxidation sites excluding steroid dienone is 2. The molecule has 1 aliphatic rings. The van der Waals surface area contributed by atoms with Crippen molar-refractivity contribution in [2.45, 2.75) is 83.1 Å². The number of benzene rings is 3. The first-order valence-electron chi connectivity index (χ1n) is 14.1. The molecule has 0 unspecified atom stereocenters. The molecule has 0 bridgehead atoms. The monoisotopic (exact) mass is 549 g/mol. The summed E-state index contributed by atoms with van der Waals surface area (Å²) in [7, 11) is 0. The number of ketones is 2. The highest BCUT2D eigenvalue weighted by molar-refractivity contribution is 6.25. The molecule has 4 aromatic rings. The summed E-state index contributed by atoms with van der Waals surface area (Å²) in [5.74, 6) is -0.0633. The third kappa shape index (κ3) is 6.32. The van der Waals surface area contributed by atoms with Gasteiger partial charge in [0.1, 0.15) is 0 Å². The molecule has 0 saturated heterocycles. The van der Waals surface area contributed by atoms with Gasteiger partial charge >= 0.3 is 0 Å². The van der Waals surface area contributed by atoms with Crippen LogP contribution in [0.25, 0.3) is 10.9 Å². The molecular weight excluding hydrogens is 506 g/mol. The molecule has 0 amide bonds. The minimum atomic E-state index is -0.0484. The van der Waals surface area contributed by atoms with Gasteiger partial charge in [0, 0.05) is 33.8 Å². The molecule has 1 N–H and O–H groups in total. The van der Waals surface area contributed by atoms with Gasteiger partial charge in [0.25, 0.3) is 0 Å². The summed E-state index contributed by atoms with van der Waals surface area (Å²) >= 11 is 0. The van der Waals surface area contributed by atoms with Crippen molar-refractivity contribution < 1.29 is 9.59 Å². The number of aromatic nitrogens is 1. The number of aromatic amines is 1. The van der Waals surface area contributed by atoms with E-state index in [0.717, 1.165) is 44.3 Å². The predicted octanol–water partition coefficient (Wildman–Crippen LogP) is 8.62. The van der Waals surface area contributed by atoms with Crippen LogP contribution in [-0.2, 0) is 0 Å². The predicted molar refractivity (Wildman–Crippen MR) is 172 cm³/mol. The standard InChI is InChI=1S/C14H14O2.C13H15NO.C10H14/c1-7-5-8(2)12-11(15)6-9(3)14(16)13(12)10(7)4;1-7-5-8(2)12-11(10(7)4)13(15)9(3)6-14-12;1-7-5-8(2)10(4)9(3)6-7/h5-6H,1-4H3;5-6H,1-4H3,(H,14,15);5-6H,1-4H3. The smallest absolute Gasteiger partial charge is 0.192 e. The van der Waals surface area contributed by atoms with E-state index in [1.165, 1.54) is 33.9 Å². The Kier molecular flexibility index (Phi) is 9.38. The zero-order chi connectivity index (χ0) is 30.9. The zero-order valence-electron chi connectivity index (χ0n) is 26.7. The lowest BCUT2D eigenvalue weighted by molar-refractivity contribution is 0.0983. The molecule has 1 aromatic heterocycles. The highest BCUT2D eigenvalue weighted by atomic mass is 16.1. The molecule has 3 aromatic carbocycles. The molecule has 214 valence electrons.